The van der Waals surface area contributed by atoms with Crippen LogP contribution in [0.1, 0.15) is 25.3 Å². The molecule has 2 atom stereocenters. The van der Waals surface area contributed by atoms with Crippen LogP contribution < -0.4 is 10.1 Å². The third-order valence-electron chi connectivity index (χ3n) is 3.35. The summed E-state index contributed by atoms with van der Waals surface area (Å²) in [5.41, 5.74) is -0.668. The van der Waals surface area contributed by atoms with Crippen LogP contribution >= 0.6 is 0 Å². The summed E-state index contributed by atoms with van der Waals surface area (Å²) >= 11 is 0. The van der Waals surface area contributed by atoms with Crippen molar-refractivity contribution >= 4 is 0 Å². The molecule has 1 saturated heterocycles. The van der Waals surface area contributed by atoms with E-state index in [2.05, 4.69) is 5.32 Å². The first-order valence-electron chi connectivity index (χ1n) is 7.11. The van der Waals surface area contributed by atoms with Crippen LogP contribution in [0, 0.1) is 0 Å². The van der Waals surface area contributed by atoms with Crippen molar-refractivity contribution < 1.29 is 22.6 Å². The highest BCUT2D eigenvalue weighted by Crippen LogP contribution is 2.30. The molecule has 2 unspecified atom stereocenters. The largest absolute Gasteiger partial charge is 0.489 e. The summed E-state index contributed by atoms with van der Waals surface area (Å²) in [6.07, 6.45) is -2.00. The van der Waals surface area contributed by atoms with Gasteiger partial charge < -0.3 is 14.8 Å². The first-order chi connectivity index (χ1) is 9.95. The second-order valence-electron chi connectivity index (χ2n) is 5.24. The zero-order valence-electron chi connectivity index (χ0n) is 12.0. The predicted molar refractivity (Wildman–Crippen MR) is 73.4 cm³/mol. The Bertz CT molecular complexity index is 428. The molecule has 0 bridgehead atoms. The average molecular weight is 303 g/mol. The Morgan fingerprint density at radius 3 is 2.62 bits per heavy atom. The van der Waals surface area contributed by atoms with Crippen LogP contribution in [-0.2, 0) is 10.9 Å². The average Bonchev–Trinajstić information content (AvgIpc) is 2.91. The molecule has 1 aliphatic rings. The second kappa shape index (κ2) is 7.13. The van der Waals surface area contributed by atoms with Crippen molar-refractivity contribution in [1.82, 2.24) is 5.32 Å². The summed E-state index contributed by atoms with van der Waals surface area (Å²) in [7, 11) is 0. The van der Waals surface area contributed by atoms with Crippen LogP contribution in [0.4, 0.5) is 13.2 Å². The Kier molecular flexibility index (Phi) is 5.47. The molecule has 1 aliphatic heterocycles. The third kappa shape index (κ3) is 5.21. The first kappa shape index (κ1) is 16.1. The molecule has 1 fully saturated rings. The van der Waals surface area contributed by atoms with Crippen LogP contribution in [0.15, 0.2) is 24.3 Å². The van der Waals surface area contributed by atoms with Crippen molar-refractivity contribution in [2.24, 2.45) is 0 Å². The van der Waals surface area contributed by atoms with Crippen LogP contribution in [-0.4, -0.2) is 31.9 Å². The van der Waals surface area contributed by atoms with E-state index in [-0.39, 0.29) is 12.2 Å². The molecule has 2 rings (SSSR count). The molecule has 1 heterocycles. The van der Waals surface area contributed by atoms with E-state index in [0.29, 0.717) is 12.3 Å². The fourth-order valence-electron chi connectivity index (χ4n) is 2.25. The third-order valence-corrected chi connectivity index (χ3v) is 3.35. The second-order valence-corrected chi connectivity index (χ2v) is 5.24. The summed E-state index contributed by atoms with van der Waals surface area (Å²) in [6, 6.07) is 4.75. The van der Waals surface area contributed by atoms with E-state index in [1.165, 1.54) is 12.1 Å². The molecule has 0 saturated carbocycles. The Balaban J connectivity index is 1.73. The maximum atomic E-state index is 12.4. The van der Waals surface area contributed by atoms with E-state index < -0.39 is 11.7 Å². The summed E-state index contributed by atoms with van der Waals surface area (Å²) in [5, 5.41) is 3.25. The molecular formula is C15H20F3NO2. The number of benzene rings is 1. The molecular weight excluding hydrogens is 283 g/mol. The summed E-state index contributed by atoms with van der Waals surface area (Å²) in [4.78, 5) is 0. The van der Waals surface area contributed by atoms with Crippen molar-refractivity contribution in [1.29, 1.82) is 0 Å². The van der Waals surface area contributed by atoms with Gasteiger partial charge in [0.25, 0.3) is 0 Å². The highest BCUT2D eigenvalue weighted by Gasteiger charge is 2.30. The first-order valence-corrected chi connectivity index (χ1v) is 7.11. The van der Waals surface area contributed by atoms with Crippen LogP contribution in [0.2, 0.25) is 0 Å². The standard InChI is InChI=1S/C15H20F3NO2/c1-11(9-19-10-14-3-2-8-20-14)21-13-6-4-12(5-7-13)15(16,17)18/h4-7,11,14,19H,2-3,8-10H2,1H3. The monoisotopic (exact) mass is 303 g/mol. The molecule has 1 N–H and O–H groups in total. The molecule has 0 spiro atoms. The van der Waals surface area contributed by atoms with Crippen LogP contribution in [0.25, 0.3) is 0 Å². The van der Waals surface area contributed by atoms with Gasteiger partial charge in [0.15, 0.2) is 0 Å². The zero-order chi connectivity index (χ0) is 15.3. The van der Waals surface area contributed by atoms with E-state index in [0.717, 1.165) is 38.1 Å². The summed E-state index contributed by atoms with van der Waals surface area (Å²) < 4.78 is 48.4. The molecule has 118 valence electrons. The molecule has 0 aromatic heterocycles. The molecule has 1 aromatic carbocycles. The maximum absolute atomic E-state index is 12.4. The van der Waals surface area contributed by atoms with Crippen molar-refractivity contribution in [2.75, 3.05) is 19.7 Å². The number of hydrogen-bond donors (Lipinski definition) is 1. The summed E-state index contributed by atoms with van der Waals surface area (Å²) in [5.74, 6) is 0.439. The van der Waals surface area contributed by atoms with E-state index in [4.69, 9.17) is 9.47 Å². The van der Waals surface area contributed by atoms with E-state index in [9.17, 15) is 13.2 Å². The highest BCUT2D eigenvalue weighted by atomic mass is 19.4. The smallest absolute Gasteiger partial charge is 0.416 e. The number of rotatable bonds is 6. The molecule has 21 heavy (non-hydrogen) atoms. The van der Waals surface area contributed by atoms with Gasteiger partial charge >= 0.3 is 6.18 Å². The van der Waals surface area contributed by atoms with Gasteiger partial charge in [0.1, 0.15) is 11.9 Å². The van der Waals surface area contributed by atoms with Gasteiger partial charge in [-0.2, -0.15) is 13.2 Å². The maximum Gasteiger partial charge on any atom is 0.416 e. The van der Waals surface area contributed by atoms with Gasteiger partial charge in [-0.1, -0.05) is 0 Å². The van der Waals surface area contributed by atoms with Gasteiger partial charge in [0.05, 0.1) is 11.7 Å². The van der Waals surface area contributed by atoms with Crippen LogP contribution in [0.3, 0.4) is 0 Å². The Morgan fingerprint density at radius 1 is 1.33 bits per heavy atom. The van der Waals surface area contributed by atoms with Crippen molar-refractivity contribution in [3.05, 3.63) is 29.8 Å². The van der Waals surface area contributed by atoms with Gasteiger partial charge in [-0.25, -0.2) is 0 Å². The minimum Gasteiger partial charge on any atom is -0.489 e. The molecule has 0 amide bonds. The Morgan fingerprint density at radius 2 is 2.05 bits per heavy atom. The molecule has 6 heteroatoms. The topological polar surface area (TPSA) is 30.5 Å². The fraction of sp³-hybridized carbons (Fsp3) is 0.600. The lowest BCUT2D eigenvalue weighted by Gasteiger charge is -2.17. The zero-order valence-corrected chi connectivity index (χ0v) is 12.0. The molecule has 0 aliphatic carbocycles. The highest BCUT2D eigenvalue weighted by molar-refractivity contribution is 5.29. The molecule has 1 aromatic rings. The minimum absolute atomic E-state index is 0.122. The van der Waals surface area contributed by atoms with Gasteiger partial charge in [0.2, 0.25) is 0 Å². The van der Waals surface area contributed by atoms with Gasteiger partial charge in [-0.3, -0.25) is 0 Å². The van der Waals surface area contributed by atoms with Crippen molar-refractivity contribution in [3.8, 4) is 5.75 Å². The lowest BCUT2D eigenvalue weighted by Crippen LogP contribution is -2.34. The van der Waals surface area contributed by atoms with Crippen LogP contribution in [0.5, 0.6) is 5.75 Å². The summed E-state index contributed by atoms with van der Waals surface area (Å²) in [6.45, 7) is 4.10. The van der Waals surface area contributed by atoms with Gasteiger partial charge in [-0.15, -0.1) is 0 Å². The lowest BCUT2D eigenvalue weighted by atomic mass is 10.2. The number of nitrogens with one attached hydrogen (secondary N) is 1. The predicted octanol–water partition coefficient (Wildman–Crippen LogP) is 3.24. The Labute approximate surface area is 122 Å². The van der Waals surface area contributed by atoms with E-state index in [1.807, 2.05) is 6.92 Å². The van der Waals surface area contributed by atoms with Crippen molar-refractivity contribution in [3.63, 3.8) is 0 Å². The van der Waals surface area contributed by atoms with Gasteiger partial charge in [0, 0.05) is 19.7 Å². The van der Waals surface area contributed by atoms with Crippen molar-refractivity contribution in [2.45, 2.75) is 38.1 Å². The fourth-order valence-corrected chi connectivity index (χ4v) is 2.25. The quantitative estimate of drug-likeness (QED) is 0.875. The molecule has 0 radical (unpaired) electrons. The number of halogens is 3. The molecule has 3 nitrogen and oxygen atoms in total. The number of alkyl halides is 3. The number of ether oxygens (including phenoxy) is 2. The Hall–Kier alpha value is -1.27. The lowest BCUT2D eigenvalue weighted by molar-refractivity contribution is -0.137. The minimum atomic E-state index is -4.31. The van der Waals surface area contributed by atoms with E-state index in [1.54, 1.807) is 0 Å². The van der Waals surface area contributed by atoms with E-state index >= 15 is 0 Å². The van der Waals surface area contributed by atoms with Gasteiger partial charge in [-0.05, 0) is 44.0 Å². The SMILES string of the molecule is CC(CNCC1CCCO1)Oc1ccc(C(F)(F)F)cc1. The number of hydrogen-bond acceptors (Lipinski definition) is 3. The normalized spacial score (nSPS) is 20.5.